The van der Waals surface area contributed by atoms with Crippen LogP contribution in [-0.2, 0) is 13.1 Å². The molecule has 1 N–H and O–H groups in total. The Bertz CT molecular complexity index is 994. The molecule has 0 atom stereocenters. The van der Waals surface area contributed by atoms with Gasteiger partial charge in [-0.3, -0.25) is 0 Å². The van der Waals surface area contributed by atoms with Gasteiger partial charge < -0.3 is 19.7 Å². The largest absolute Gasteiger partial charge is 0.378 e. The van der Waals surface area contributed by atoms with Crippen LogP contribution in [-0.4, -0.2) is 40.2 Å². The van der Waals surface area contributed by atoms with Crippen LogP contribution >= 0.6 is 12.2 Å². The van der Waals surface area contributed by atoms with Crippen LogP contribution in [0.15, 0.2) is 61.2 Å². The molecule has 0 aliphatic rings. The second kappa shape index (κ2) is 11.1. The SMILES string of the molecule is Cc1c(NC(=S)N(CCCn2ccnc2)Cc2ccc(N(C)C)cc2)cccc1C(C)C. The van der Waals surface area contributed by atoms with Crippen molar-refractivity contribution < 1.29 is 0 Å². The Balaban J connectivity index is 1.74. The van der Waals surface area contributed by atoms with Gasteiger partial charge in [-0.2, -0.15) is 0 Å². The zero-order chi connectivity index (χ0) is 23.1. The lowest BCUT2D eigenvalue weighted by molar-refractivity contribution is 0.396. The molecule has 0 fully saturated rings. The van der Waals surface area contributed by atoms with Gasteiger partial charge in [0.25, 0.3) is 0 Å². The summed E-state index contributed by atoms with van der Waals surface area (Å²) >= 11 is 5.89. The van der Waals surface area contributed by atoms with Crippen LogP contribution < -0.4 is 10.2 Å². The molecular weight excluding hydrogens is 414 g/mol. The molecule has 2 aromatic carbocycles. The van der Waals surface area contributed by atoms with Crippen molar-refractivity contribution in [1.29, 1.82) is 0 Å². The Hall–Kier alpha value is -2.86. The fourth-order valence-corrected chi connectivity index (χ4v) is 4.11. The smallest absolute Gasteiger partial charge is 0.173 e. The second-order valence-electron chi connectivity index (χ2n) is 8.74. The Labute approximate surface area is 198 Å². The molecule has 3 aromatic rings. The number of hydrogen-bond donors (Lipinski definition) is 1. The third-order valence-electron chi connectivity index (χ3n) is 5.76. The maximum atomic E-state index is 5.89. The fraction of sp³-hybridized carbons (Fsp3) is 0.385. The fourth-order valence-electron chi connectivity index (χ4n) is 3.84. The van der Waals surface area contributed by atoms with Gasteiger partial charge in [-0.1, -0.05) is 38.1 Å². The highest BCUT2D eigenvalue weighted by Crippen LogP contribution is 2.25. The minimum absolute atomic E-state index is 0.479. The van der Waals surface area contributed by atoms with Gasteiger partial charge in [0.15, 0.2) is 5.11 Å². The van der Waals surface area contributed by atoms with Crippen LogP contribution in [0.5, 0.6) is 0 Å². The van der Waals surface area contributed by atoms with Gasteiger partial charge in [0.1, 0.15) is 0 Å². The molecule has 0 aliphatic heterocycles. The molecule has 1 heterocycles. The molecule has 0 bridgehead atoms. The van der Waals surface area contributed by atoms with Crippen LogP contribution in [0.2, 0.25) is 0 Å². The van der Waals surface area contributed by atoms with E-state index in [1.54, 1.807) is 0 Å². The summed E-state index contributed by atoms with van der Waals surface area (Å²) in [4.78, 5) is 8.52. The van der Waals surface area contributed by atoms with Crippen molar-refractivity contribution in [1.82, 2.24) is 14.5 Å². The molecule has 0 aliphatic carbocycles. The Morgan fingerprint density at radius 1 is 1.12 bits per heavy atom. The molecular formula is C26H35N5S. The van der Waals surface area contributed by atoms with E-state index in [-0.39, 0.29) is 0 Å². The first kappa shape index (κ1) is 23.8. The third-order valence-corrected chi connectivity index (χ3v) is 6.12. The van der Waals surface area contributed by atoms with Crippen molar-refractivity contribution in [3.8, 4) is 0 Å². The van der Waals surface area contributed by atoms with Crippen molar-refractivity contribution in [2.24, 2.45) is 0 Å². The summed E-state index contributed by atoms with van der Waals surface area (Å²) < 4.78 is 2.11. The quantitative estimate of drug-likeness (QED) is 0.426. The molecule has 3 rings (SSSR count). The zero-order valence-corrected chi connectivity index (χ0v) is 20.7. The number of aromatic nitrogens is 2. The van der Waals surface area contributed by atoms with Crippen LogP contribution in [0.3, 0.4) is 0 Å². The number of aryl methyl sites for hydroxylation is 1. The van der Waals surface area contributed by atoms with E-state index < -0.39 is 0 Å². The normalized spacial score (nSPS) is 10.9. The zero-order valence-electron chi connectivity index (χ0n) is 19.9. The number of hydrogen-bond acceptors (Lipinski definition) is 3. The summed E-state index contributed by atoms with van der Waals surface area (Å²) in [6, 6.07) is 15.1. The highest BCUT2D eigenvalue weighted by atomic mass is 32.1. The number of nitrogens with zero attached hydrogens (tertiary/aromatic N) is 4. The summed E-state index contributed by atoms with van der Waals surface area (Å²) in [6.07, 6.45) is 6.67. The Morgan fingerprint density at radius 3 is 2.50 bits per heavy atom. The molecule has 0 unspecified atom stereocenters. The maximum absolute atomic E-state index is 5.89. The van der Waals surface area contributed by atoms with Gasteiger partial charge in [0.05, 0.1) is 6.33 Å². The first-order chi connectivity index (χ1) is 15.3. The van der Waals surface area contributed by atoms with Gasteiger partial charge in [-0.25, -0.2) is 4.98 Å². The predicted octanol–water partition coefficient (Wildman–Crippen LogP) is 5.67. The van der Waals surface area contributed by atoms with Crippen molar-refractivity contribution in [3.05, 3.63) is 77.9 Å². The van der Waals surface area contributed by atoms with Crippen molar-refractivity contribution in [2.45, 2.75) is 46.2 Å². The van der Waals surface area contributed by atoms with E-state index in [4.69, 9.17) is 12.2 Å². The average molecular weight is 450 g/mol. The lowest BCUT2D eigenvalue weighted by Gasteiger charge is -2.27. The molecule has 0 saturated carbocycles. The van der Waals surface area contributed by atoms with Gasteiger partial charge in [-0.05, 0) is 66.4 Å². The van der Waals surface area contributed by atoms with E-state index >= 15 is 0 Å². The molecule has 32 heavy (non-hydrogen) atoms. The summed E-state index contributed by atoms with van der Waals surface area (Å²) in [5, 5.41) is 4.29. The van der Waals surface area contributed by atoms with Crippen molar-refractivity contribution in [3.63, 3.8) is 0 Å². The maximum Gasteiger partial charge on any atom is 0.173 e. The lowest BCUT2D eigenvalue weighted by Crippen LogP contribution is -2.35. The highest BCUT2D eigenvalue weighted by Gasteiger charge is 2.14. The van der Waals surface area contributed by atoms with Gasteiger partial charge in [-0.15, -0.1) is 0 Å². The predicted molar refractivity (Wildman–Crippen MR) is 140 cm³/mol. The Kier molecular flexibility index (Phi) is 8.28. The van der Waals surface area contributed by atoms with Crippen LogP contribution in [0.4, 0.5) is 11.4 Å². The number of thiocarbonyl (C=S) groups is 1. The number of imidazole rings is 1. The number of rotatable bonds is 9. The number of nitrogens with one attached hydrogen (secondary N) is 1. The summed E-state index contributed by atoms with van der Waals surface area (Å²) in [5.41, 5.74) is 6.14. The highest BCUT2D eigenvalue weighted by molar-refractivity contribution is 7.80. The van der Waals surface area contributed by atoms with Crippen LogP contribution in [0.1, 0.15) is 42.9 Å². The van der Waals surface area contributed by atoms with Crippen LogP contribution in [0, 0.1) is 6.92 Å². The molecule has 0 spiro atoms. The third kappa shape index (κ3) is 6.33. The van der Waals surface area contributed by atoms with E-state index in [1.165, 1.54) is 22.4 Å². The molecule has 170 valence electrons. The molecule has 1 aromatic heterocycles. The van der Waals surface area contributed by atoms with Crippen LogP contribution in [0.25, 0.3) is 0 Å². The first-order valence-corrected chi connectivity index (χ1v) is 11.6. The average Bonchev–Trinajstić information content (AvgIpc) is 3.28. The van der Waals surface area contributed by atoms with E-state index in [0.29, 0.717) is 5.92 Å². The van der Waals surface area contributed by atoms with Gasteiger partial charge in [0.2, 0.25) is 0 Å². The Morgan fingerprint density at radius 2 is 1.88 bits per heavy atom. The molecule has 6 heteroatoms. The second-order valence-corrected chi connectivity index (χ2v) is 9.13. The van der Waals surface area contributed by atoms with Crippen molar-refractivity contribution in [2.75, 3.05) is 30.9 Å². The summed E-state index contributed by atoms with van der Waals surface area (Å²) in [5.74, 6) is 0.479. The van der Waals surface area contributed by atoms with E-state index in [0.717, 1.165) is 36.9 Å². The molecule has 0 amide bonds. The number of anilines is 2. The topological polar surface area (TPSA) is 36.3 Å². The summed E-state index contributed by atoms with van der Waals surface area (Å²) in [7, 11) is 4.12. The minimum Gasteiger partial charge on any atom is -0.378 e. The molecule has 5 nitrogen and oxygen atoms in total. The first-order valence-electron chi connectivity index (χ1n) is 11.2. The monoisotopic (exact) mass is 449 g/mol. The van der Waals surface area contributed by atoms with E-state index in [2.05, 4.69) is 102 Å². The minimum atomic E-state index is 0.479. The number of benzene rings is 2. The van der Waals surface area contributed by atoms with E-state index in [9.17, 15) is 0 Å². The summed E-state index contributed by atoms with van der Waals surface area (Å²) in [6.45, 7) is 9.17. The van der Waals surface area contributed by atoms with Gasteiger partial charge >= 0.3 is 0 Å². The van der Waals surface area contributed by atoms with E-state index in [1.807, 2.05) is 18.7 Å². The van der Waals surface area contributed by atoms with Crippen molar-refractivity contribution >= 4 is 28.7 Å². The standard InChI is InChI=1S/C26H35N5S/c1-20(2)24-8-6-9-25(21(24)3)28-26(32)31(16-7-15-30-17-14-27-19-30)18-22-10-12-23(13-11-22)29(4)5/h6,8-14,17,19-20H,7,15-16,18H2,1-5H3,(H,28,32). The molecule has 0 radical (unpaired) electrons. The van der Waals surface area contributed by atoms with Gasteiger partial charge in [0, 0.05) is 57.5 Å². The lowest BCUT2D eigenvalue weighted by atomic mass is 9.97. The molecule has 0 saturated heterocycles.